The monoisotopic (exact) mass is 1020 g/mol. The van der Waals surface area contributed by atoms with E-state index in [1.165, 1.54) is 38.1 Å². The van der Waals surface area contributed by atoms with Gasteiger partial charge in [0.1, 0.15) is 40.9 Å². The molecule has 2 N–H and O–H groups in total. The van der Waals surface area contributed by atoms with E-state index in [1.54, 1.807) is 0 Å². The van der Waals surface area contributed by atoms with Crippen LogP contribution >= 0.6 is 11.6 Å². The van der Waals surface area contributed by atoms with E-state index in [2.05, 4.69) is 42.9 Å². The summed E-state index contributed by atoms with van der Waals surface area (Å²) in [4.78, 5) is 18.8. The summed E-state index contributed by atoms with van der Waals surface area (Å²) < 4.78 is 188. The van der Waals surface area contributed by atoms with Gasteiger partial charge in [-0.05, 0) is 106 Å². The Labute approximate surface area is 387 Å². The largest absolute Gasteiger partial charge is 0.435 e. The fourth-order valence-electron chi connectivity index (χ4n) is 8.82. The van der Waals surface area contributed by atoms with Crippen LogP contribution in [-0.4, -0.2) is 70.4 Å². The second kappa shape index (κ2) is 16.1. The molecule has 4 atom stereocenters. The minimum Gasteiger partial charge on any atom is -0.346 e. The van der Waals surface area contributed by atoms with Gasteiger partial charge in [0.15, 0.2) is 21.3 Å². The van der Waals surface area contributed by atoms with Gasteiger partial charge in [-0.15, -0.1) is 0 Å². The summed E-state index contributed by atoms with van der Waals surface area (Å²) in [6, 6.07) is 5.80. The Kier molecular flexibility index (Phi) is 11.3. The van der Waals surface area contributed by atoms with Crippen molar-refractivity contribution in [1.82, 2.24) is 29.9 Å². The third-order valence-corrected chi connectivity index (χ3v) is 17.7. The van der Waals surface area contributed by atoms with Crippen LogP contribution in [0.3, 0.4) is 0 Å². The van der Waals surface area contributed by atoms with Crippen LogP contribution in [0.15, 0.2) is 42.5 Å². The number of benzene rings is 2. The first-order chi connectivity index (χ1) is 31.6. The Bertz CT molecular complexity index is 3200. The van der Waals surface area contributed by atoms with Crippen molar-refractivity contribution in [1.29, 1.82) is 0 Å². The van der Waals surface area contributed by atoms with Crippen molar-refractivity contribution in [3.05, 3.63) is 93.0 Å². The number of rotatable bonds is 13. The molecule has 4 aliphatic carbocycles. The summed E-state index contributed by atoms with van der Waals surface area (Å²) in [6.45, 7) is -0.203. The molecule has 3 saturated carbocycles. The average Bonchev–Trinajstić information content (AvgIpc) is 4.10. The number of carbonyl (C=O) groups is 1. The van der Waals surface area contributed by atoms with Crippen molar-refractivity contribution >= 4 is 59.6 Å². The zero-order chi connectivity index (χ0) is 49.3. The van der Waals surface area contributed by atoms with E-state index in [9.17, 15) is 52.5 Å². The summed E-state index contributed by atoms with van der Waals surface area (Å²) in [7, 11) is -6.97. The summed E-state index contributed by atoms with van der Waals surface area (Å²) in [6.07, 6.45) is -9.03. The van der Waals surface area contributed by atoms with Gasteiger partial charge in [0.2, 0.25) is 5.91 Å². The Morgan fingerprint density at radius 3 is 2.21 bits per heavy atom. The Morgan fingerprint density at radius 1 is 0.941 bits per heavy atom. The van der Waals surface area contributed by atoms with Crippen molar-refractivity contribution in [3.8, 4) is 23.0 Å². The predicted octanol–water partition coefficient (Wildman–Crippen LogP) is 9.03. The van der Waals surface area contributed by atoms with Crippen molar-refractivity contribution < 1.29 is 61.3 Å². The van der Waals surface area contributed by atoms with E-state index in [0.717, 1.165) is 12.1 Å². The molecule has 0 aliphatic heterocycles. The van der Waals surface area contributed by atoms with Gasteiger partial charge in [0.25, 0.3) is 5.92 Å². The van der Waals surface area contributed by atoms with Crippen molar-refractivity contribution in [2.45, 2.75) is 111 Å². The number of nitrogens with one attached hydrogen (secondary N) is 2. The fourth-order valence-corrected chi connectivity index (χ4v) is 12.4. The lowest BCUT2D eigenvalue weighted by Crippen LogP contribution is -2.35. The number of hydrogen-bond donors (Lipinski definition) is 2. The van der Waals surface area contributed by atoms with Gasteiger partial charge >= 0.3 is 12.4 Å². The number of hydrogen-bond acceptors (Lipinski definition) is 7. The maximum atomic E-state index is 15.6. The highest BCUT2D eigenvalue weighted by Gasteiger charge is 2.68. The Balaban J connectivity index is 1.23. The maximum absolute atomic E-state index is 15.6. The van der Waals surface area contributed by atoms with Gasteiger partial charge in [-0.1, -0.05) is 23.6 Å². The van der Waals surface area contributed by atoms with Gasteiger partial charge in [-0.2, -0.15) is 45.3 Å². The van der Waals surface area contributed by atoms with E-state index < -0.39 is 125 Å². The zero-order valence-electron chi connectivity index (χ0n) is 35.6. The molecule has 11 nitrogen and oxygen atoms in total. The molecule has 4 aliphatic rings. The summed E-state index contributed by atoms with van der Waals surface area (Å²) in [5.41, 5.74) is -4.56. The first kappa shape index (κ1) is 47.7. The normalized spacial score (nSPS) is 20.2. The molecule has 0 radical (unpaired) electrons. The third kappa shape index (κ3) is 8.91. The molecular formula is C44H38ClF10N7O4S2. The quantitative estimate of drug-likeness (QED) is 0.0682. The van der Waals surface area contributed by atoms with Crippen LogP contribution in [-0.2, 0) is 55.9 Å². The number of alkyl halides is 8. The molecule has 362 valence electrons. The van der Waals surface area contributed by atoms with Gasteiger partial charge in [0.05, 0.1) is 32.9 Å². The molecule has 1 unspecified atom stereocenters. The molecule has 3 fully saturated rings. The third-order valence-electron chi connectivity index (χ3n) is 12.4. The molecule has 3 heterocycles. The summed E-state index contributed by atoms with van der Waals surface area (Å²) >= 11 is 6.66. The number of sulfone groups is 1. The summed E-state index contributed by atoms with van der Waals surface area (Å²) in [5, 5.41) is 8.72. The van der Waals surface area contributed by atoms with Crippen molar-refractivity contribution in [2.75, 3.05) is 4.72 Å². The lowest BCUT2D eigenvalue weighted by molar-refractivity contribution is -0.142. The highest BCUT2D eigenvalue weighted by Crippen LogP contribution is 2.68. The Morgan fingerprint density at radius 2 is 1.59 bits per heavy atom. The average molecular weight is 1020 g/mol. The molecule has 9 rings (SSSR count). The topological polar surface area (TPSA) is 141 Å². The molecule has 3 aromatic heterocycles. The van der Waals surface area contributed by atoms with Crippen molar-refractivity contribution in [3.63, 3.8) is 0 Å². The SMILES string of the molecule is C=S(=O)(Nc1nn(CC(F)(F)F)c2c(-c3ccc(C#CC(C)(C)S(=O)(=O)C4CC4)nc3[C@H](Cc3cc(F)cc(F)c3)NC(=O)Cn3nc(C(F)(F)F)c4c3C(F)(F)[C@@H]3C[C@H]43)ccc(Cl)c12)C1CC1. The number of fused-ring (bicyclic) bond motifs is 4. The minimum atomic E-state index is -5.17. The van der Waals surface area contributed by atoms with Crippen molar-refractivity contribution in [2.24, 2.45) is 5.92 Å². The van der Waals surface area contributed by atoms with Gasteiger partial charge in [0, 0.05) is 43.6 Å². The first-order valence-corrected chi connectivity index (χ1v) is 24.7. The highest BCUT2D eigenvalue weighted by atomic mass is 35.5. The number of anilines is 1. The molecule has 68 heavy (non-hydrogen) atoms. The number of amides is 1. The van der Waals surface area contributed by atoms with Crippen LogP contribution in [0, 0.1) is 29.4 Å². The molecule has 0 bridgehead atoms. The lowest BCUT2D eigenvalue weighted by Gasteiger charge is -2.23. The number of nitrogens with zero attached hydrogens (tertiary/aromatic N) is 5. The van der Waals surface area contributed by atoms with Crippen LogP contribution in [0.4, 0.5) is 49.7 Å². The zero-order valence-corrected chi connectivity index (χ0v) is 38.0. The van der Waals surface area contributed by atoms with E-state index in [-0.39, 0.29) is 60.9 Å². The molecule has 1 amide bonds. The van der Waals surface area contributed by atoms with Crippen LogP contribution in [0.2, 0.25) is 5.02 Å². The fraction of sp³-hybridized carbons (Fsp3) is 0.432. The highest BCUT2D eigenvalue weighted by molar-refractivity contribution is 8.02. The smallest absolute Gasteiger partial charge is 0.346 e. The second-order valence-electron chi connectivity index (χ2n) is 18.0. The minimum absolute atomic E-state index is 0.109. The van der Waals surface area contributed by atoms with Gasteiger partial charge in [-0.3, -0.25) is 18.9 Å². The van der Waals surface area contributed by atoms with Crippen LogP contribution in [0.25, 0.3) is 22.0 Å². The van der Waals surface area contributed by atoms with E-state index in [0.29, 0.717) is 36.4 Å². The molecule has 24 heteroatoms. The lowest BCUT2D eigenvalue weighted by atomic mass is 9.93. The van der Waals surface area contributed by atoms with Gasteiger partial charge < -0.3 is 5.32 Å². The van der Waals surface area contributed by atoms with Crippen LogP contribution in [0.5, 0.6) is 0 Å². The van der Waals surface area contributed by atoms with E-state index in [4.69, 9.17) is 11.6 Å². The number of halogens is 11. The van der Waals surface area contributed by atoms with Gasteiger partial charge in [-0.25, -0.2) is 26.4 Å². The van der Waals surface area contributed by atoms with E-state index in [1.807, 2.05) is 0 Å². The second-order valence-corrected chi connectivity index (χ2v) is 23.5. The van der Waals surface area contributed by atoms with Crippen LogP contribution in [0.1, 0.15) is 91.8 Å². The molecule has 5 aromatic rings. The predicted molar refractivity (Wildman–Crippen MR) is 232 cm³/mol. The van der Waals surface area contributed by atoms with E-state index >= 15 is 8.78 Å². The standard InChI is InChI=1S/C44H38ClF10N7O4S2/c1-41(2,68(65,66)26-7-8-26)13-12-24-4-9-27(28-10-11-31(45)35-37(28)62(20-42(48,49)50)59-40(35)60-67(3,64)25-5-6-25)36(56-24)32(16-21-14-22(46)17-23(47)15-21)57-33(63)19-61-39-34(38(58-61)44(53,54)55)29-18-30(29)43(39,51)52/h4,9-11,14-15,17,25-26,29-30,32H,3,5-8,16,18-20H2,1-2H3,(H,57,63)(H,59,60,64)/t29-,30+,32-,67?/m0/s1. The van der Waals surface area contributed by atoms with Crippen LogP contribution < -0.4 is 10.0 Å². The molecule has 0 saturated heterocycles. The first-order valence-electron chi connectivity index (χ1n) is 21.0. The maximum Gasteiger partial charge on any atom is 0.435 e. The molecular weight excluding hydrogens is 980 g/mol. The number of carbonyl (C=O) groups excluding carboxylic acids is 1. The Hall–Kier alpha value is -5.34. The summed E-state index contributed by atoms with van der Waals surface area (Å²) in [5.74, 6) is -0.936. The number of pyridine rings is 1. The molecule has 0 spiro atoms. The molecule has 2 aromatic carbocycles. The number of aromatic nitrogens is 5.